The van der Waals surface area contributed by atoms with Gasteiger partial charge in [-0.05, 0) is 81.4 Å². The number of esters is 3. The molecule has 4 N–H and O–H groups in total. The largest absolute Gasteiger partial charge is 0.460 e. The van der Waals surface area contributed by atoms with Crippen molar-refractivity contribution in [3.63, 3.8) is 0 Å². The first-order valence-corrected chi connectivity index (χ1v) is 14.2. The zero-order valence-electron chi connectivity index (χ0n) is 26.0. The Labute approximate surface area is 255 Å². The molecule has 232 valence electrons. The molecule has 1 amide bonds. The molecule has 1 aromatic carbocycles. The molecule has 0 aliphatic carbocycles. The van der Waals surface area contributed by atoms with E-state index in [2.05, 4.69) is 20.9 Å². The lowest BCUT2D eigenvalue weighted by Gasteiger charge is -2.51. The summed E-state index contributed by atoms with van der Waals surface area (Å²) in [5, 5.41) is 1.49. The Hall–Kier alpha value is -3.25. The summed E-state index contributed by atoms with van der Waals surface area (Å²) in [6.45, 7) is 16.6. The molecule has 2 aromatic rings. The average Bonchev–Trinajstić information content (AvgIpc) is 2.79. The van der Waals surface area contributed by atoms with Crippen molar-refractivity contribution in [3.8, 4) is 0 Å². The van der Waals surface area contributed by atoms with Gasteiger partial charge < -0.3 is 30.4 Å². The topological polar surface area (TPSA) is 170 Å². The normalized spacial score (nSPS) is 14.1. The maximum atomic E-state index is 13.2. The van der Waals surface area contributed by atoms with Gasteiger partial charge in [0.2, 0.25) is 5.60 Å². The van der Waals surface area contributed by atoms with Gasteiger partial charge in [-0.25, -0.2) is 14.4 Å². The molecule has 2 rings (SSSR count). The number of fused-ring (bicyclic) bond motifs is 1. The summed E-state index contributed by atoms with van der Waals surface area (Å²) in [7, 11) is 0. The molecule has 42 heavy (non-hydrogen) atoms. The van der Waals surface area contributed by atoms with E-state index < -0.39 is 51.8 Å². The first-order valence-electron chi connectivity index (χ1n) is 13.4. The number of amides is 1. The molecule has 1 heterocycles. The second kappa shape index (κ2) is 12.2. The van der Waals surface area contributed by atoms with Crippen molar-refractivity contribution in [2.45, 2.75) is 105 Å². The fraction of sp³-hybridized carbons (Fsp3) is 0.567. The van der Waals surface area contributed by atoms with Crippen LogP contribution >= 0.6 is 15.9 Å². The molecular weight excluding hydrogens is 610 g/mol. The minimum absolute atomic E-state index is 0.201. The summed E-state index contributed by atoms with van der Waals surface area (Å²) in [5.74, 6) is -3.33. The number of rotatable bonds is 8. The lowest BCUT2D eigenvalue weighted by Crippen LogP contribution is -2.61. The van der Waals surface area contributed by atoms with Crippen LogP contribution in [0.1, 0.15) is 86.9 Å². The number of carbonyl (C=O) groups is 4. The fourth-order valence-electron chi connectivity index (χ4n) is 5.01. The molecule has 0 bridgehead atoms. The van der Waals surface area contributed by atoms with Crippen molar-refractivity contribution in [2.75, 3.05) is 0 Å². The minimum atomic E-state index is -1.83. The van der Waals surface area contributed by atoms with E-state index >= 15 is 0 Å². The third-order valence-electron chi connectivity index (χ3n) is 6.50. The highest BCUT2D eigenvalue weighted by Gasteiger charge is 2.62. The van der Waals surface area contributed by atoms with Crippen molar-refractivity contribution < 1.29 is 38.1 Å². The molecule has 1 atom stereocenters. The fourth-order valence-corrected chi connectivity index (χ4v) is 5.74. The van der Waals surface area contributed by atoms with E-state index in [9.17, 15) is 19.2 Å². The highest BCUT2D eigenvalue weighted by molar-refractivity contribution is 9.10. The van der Waals surface area contributed by atoms with E-state index in [1.807, 2.05) is 18.2 Å². The van der Waals surface area contributed by atoms with E-state index in [1.165, 1.54) is 27.7 Å². The van der Waals surface area contributed by atoms with E-state index in [0.717, 1.165) is 16.3 Å². The second-order valence-corrected chi connectivity index (χ2v) is 14.0. The molecule has 0 radical (unpaired) electrons. The van der Waals surface area contributed by atoms with Gasteiger partial charge in [0.25, 0.3) is 0 Å². The van der Waals surface area contributed by atoms with Crippen LogP contribution in [0.4, 0.5) is 4.79 Å². The molecular formula is C30H42BrN3O8. The van der Waals surface area contributed by atoms with Gasteiger partial charge in [0, 0.05) is 23.5 Å². The Morgan fingerprint density at radius 2 is 1.43 bits per heavy atom. The molecule has 0 aliphatic heterocycles. The number of halogens is 1. The van der Waals surface area contributed by atoms with Gasteiger partial charge in [0.15, 0.2) is 5.60 Å². The van der Waals surface area contributed by atoms with E-state index in [1.54, 1.807) is 47.7 Å². The Bertz CT molecular complexity index is 1380. The number of carbonyl (C=O) groups excluding carboxylic acids is 4. The van der Waals surface area contributed by atoms with Crippen LogP contribution in [-0.4, -0.2) is 45.8 Å². The van der Waals surface area contributed by atoms with Crippen LogP contribution in [0.15, 0.2) is 28.9 Å². The van der Waals surface area contributed by atoms with Gasteiger partial charge in [0.1, 0.15) is 16.9 Å². The second-order valence-electron chi connectivity index (χ2n) is 13.2. The molecule has 0 saturated heterocycles. The van der Waals surface area contributed by atoms with Gasteiger partial charge >= 0.3 is 24.0 Å². The van der Waals surface area contributed by atoms with Crippen LogP contribution in [0.25, 0.3) is 10.8 Å². The summed E-state index contributed by atoms with van der Waals surface area (Å²) < 4.78 is 22.7. The average molecular weight is 653 g/mol. The van der Waals surface area contributed by atoms with Crippen LogP contribution < -0.4 is 11.5 Å². The monoisotopic (exact) mass is 651 g/mol. The zero-order chi connectivity index (χ0) is 32.5. The van der Waals surface area contributed by atoms with Gasteiger partial charge in [-0.15, -0.1) is 0 Å². The Morgan fingerprint density at radius 1 is 0.857 bits per heavy atom. The third-order valence-corrected chi connectivity index (χ3v) is 7.30. The van der Waals surface area contributed by atoms with E-state index in [4.69, 9.17) is 30.4 Å². The highest BCUT2D eigenvalue weighted by atomic mass is 79.9. The number of aromatic nitrogens is 1. The summed E-state index contributed by atoms with van der Waals surface area (Å²) >= 11 is 3.62. The van der Waals surface area contributed by atoms with E-state index in [0.29, 0.717) is 4.47 Å². The standard InChI is InChI=1S/C30H42BrN3O8/c1-26(2,3)30(42-25(33)38,22-21(31)19-13-17(15-32)11-12-18(19)16-34-22)29(9,10)41-24(37)23(36)40-28(7,8)14-20(35)39-27(4,5)6/h11-13,16H,14-15,32H2,1-10H3,(H2,33,38). The summed E-state index contributed by atoms with van der Waals surface area (Å²) in [4.78, 5) is 55.5. The van der Waals surface area contributed by atoms with Crippen LogP contribution in [0, 0.1) is 5.41 Å². The highest BCUT2D eigenvalue weighted by Crippen LogP contribution is 2.53. The minimum Gasteiger partial charge on any atom is -0.460 e. The maximum Gasteiger partial charge on any atom is 0.418 e. The van der Waals surface area contributed by atoms with Crippen LogP contribution in [0.3, 0.4) is 0 Å². The number of nitrogens with zero attached hydrogens (tertiary/aromatic N) is 1. The molecule has 0 fully saturated rings. The smallest absolute Gasteiger partial charge is 0.418 e. The number of ether oxygens (including phenoxy) is 4. The van der Waals surface area contributed by atoms with Gasteiger partial charge in [-0.2, -0.15) is 0 Å². The van der Waals surface area contributed by atoms with Crippen LogP contribution in [0.5, 0.6) is 0 Å². The summed E-state index contributed by atoms with van der Waals surface area (Å²) in [6.07, 6.45) is 0.133. The summed E-state index contributed by atoms with van der Waals surface area (Å²) in [6, 6.07) is 5.59. The quantitative estimate of drug-likeness (QED) is 0.220. The Balaban J connectivity index is 2.57. The molecule has 0 saturated carbocycles. The number of nitrogens with two attached hydrogens (primary N) is 2. The molecule has 1 aromatic heterocycles. The molecule has 11 nitrogen and oxygen atoms in total. The number of benzene rings is 1. The zero-order valence-corrected chi connectivity index (χ0v) is 27.6. The molecule has 0 aliphatic rings. The lowest BCUT2D eigenvalue weighted by atomic mass is 9.65. The molecule has 1 unspecified atom stereocenters. The van der Waals surface area contributed by atoms with Crippen molar-refractivity contribution in [1.29, 1.82) is 0 Å². The van der Waals surface area contributed by atoms with Crippen LogP contribution in [-0.2, 0) is 45.5 Å². The van der Waals surface area contributed by atoms with Gasteiger partial charge in [-0.1, -0.05) is 32.9 Å². The molecule has 12 heteroatoms. The van der Waals surface area contributed by atoms with Gasteiger partial charge in [-0.3, -0.25) is 9.78 Å². The van der Waals surface area contributed by atoms with Gasteiger partial charge in [0.05, 0.1) is 10.9 Å². The SMILES string of the molecule is CC(C)(C)OC(=O)CC(C)(C)OC(=O)C(=O)OC(C)(C)C(OC(N)=O)(c1ncc2ccc(CN)cc2c1Br)C(C)(C)C. The number of pyridine rings is 1. The predicted octanol–water partition coefficient (Wildman–Crippen LogP) is 5.17. The number of hydrogen-bond acceptors (Lipinski definition) is 10. The predicted molar refractivity (Wildman–Crippen MR) is 160 cm³/mol. The lowest BCUT2D eigenvalue weighted by molar-refractivity contribution is -0.224. The van der Waals surface area contributed by atoms with Crippen molar-refractivity contribution in [3.05, 3.63) is 40.1 Å². The third kappa shape index (κ3) is 7.77. The van der Waals surface area contributed by atoms with Crippen molar-refractivity contribution in [2.24, 2.45) is 16.9 Å². The Morgan fingerprint density at radius 3 is 1.93 bits per heavy atom. The number of hydrogen-bond donors (Lipinski definition) is 2. The molecule has 0 spiro atoms. The van der Waals surface area contributed by atoms with Crippen molar-refractivity contribution >= 4 is 50.7 Å². The van der Waals surface area contributed by atoms with E-state index in [-0.39, 0.29) is 18.7 Å². The Kier molecular flexibility index (Phi) is 10.1. The first-order chi connectivity index (χ1) is 19.0. The maximum absolute atomic E-state index is 13.2. The number of primary amides is 1. The van der Waals surface area contributed by atoms with Crippen LogP contribution in [0.2, 0.25) is 0 Å². The summed E-state index contributed by atoms with van der Waals surface area (Å²) in [5.41, 5.74) is 5.76. The van der Waals surface area contributed by atoms with Crippen molar-refractivity contribution in [1.82, 2.24) is 4.98 Å². The first kappa shape index (κ1) is 34.9.